The van der Waals surface area contributed by atoms with Crippen LogP contribution < -0.4 is 4.74 Å². The van der Waals surface area contributed by atoms with Gasteiger partial charge in [-0.05, 0) is 71.3 Å². The molecular weight excluding hydrogens is 504 g/mol. The molecule has 0 spiro atoms. The van der Waals surface area contributed by atoms with Gasteiger partial charge in [0.05, 0.1) is 6.61 Å². The molecule has 4 nitrogen and oxygen atoms in total. The Morgan fingerprint density at radius 2 is 1.05 bits per heavy atom. The largest absolute Gasteiger partial charge is 0.494 e. The molecule has 0 fully saturated rings. The smallest absolute Gasteiger partial charge is 0.258 e. The van der Waals surface area contributed by atoms with Crippen molar-refractivity contribution in [2.45, 2.75) is 65.2 Å². The summed E-state index contributed by atoms with van der Waals surface area (Å²) in [5.41, 5.74) is 7.91. The average molecular weight is 545 g/mol. The molecule has 0 bridgehead atoms. The summed E-state index contributed by atoms with van der Waals surface area (Å²) >= 11 is 0. The molecular formula is C37H40N2O2. The van der Waals surface area contributed by atoms with E-state index in [0.717, 1.165) is 47.5 Å². The maximum atomic E-state index is 5.88. The van der Waals surface area contributed by atoms with Crippen molar-refractivity contribution < 1.29 is 9.26 Å². The minimum Gasteiger partial charge on any atom is -0.494 e. The third-order valence-corrected chi connectivity index (χ3v) is 7.51. The molecule has 0 atom stereocenters. The molecule has 5 rings (SSSR count). The summed E-state index contributed by atoms with van der Waals surface area (Å²) in [6, 6.07) is 33.8. The summed E-state index contributed by atoms with van der Waals surface area (Å²) in [7, 11) is 0. The minimum absolute atomic E-state index is 0.521. The summed E-state index contributed by atoms with van der Waals surface area (Å²) in [6.45, 7) is 5.24. The minimum atomic E-state index is 0.521. The van der Waals surface area contributed by atoms with E-state index < -0.39 is 0 Å². The van der Waals surface area contributed by atoms with Gasteiger partial charge in [-0.25, -0.2) is 0 Å². The zero-order valence-corrected chi connectivity index (χ0v) is 24.3. The van der Waals surface area contributed by atoms with Crippen LogP contribution in [0, 0.1) is 0 Å². The van der Waals surface area contributed by atoms with Gasteiger partial charge in [-0.3, -0.25) is 0 Å². The van der Waals surface area contributed by atoms with Crippen LogP contribution in [0.4, 0.5) is 0 Å². The van der Waals surface area contributed by atoms with Gasteiger partial charge < -0.3 is 9.26 Å². The lowest BCUT2D eigenvalue weighted by Gasteiger charge is -2.07. The first-order chi connectivity index (χ1) is 20.2. The SMILES string of the molecule is CCCCCCOc1ccc(-c2ccc(-c3noc(-c4ccc(-c5ccc(CCCCC)cc5)cc4)n3)cc2)cc1. The van der Waals surface area contributed by atoms with Crippen molar-refractivity contribution >= 4 is 0 Å². The lowest BCUT2D eigenvalue weighted by atomic mass is 10.0. The van der Waals surface area contributed by atoms with Gasteiger partial charge in [0.25, 0.3) is 5.89 Å². The van der Waals surface area contributed by atoms with Crippen LogP contribution in [0.1, 0.15) is 64.4 Å². The summed E-state index contributed by atoms with van der Waals surface area (Å²) in [5, 5.41) is 4.24. The van der Waals surface area contributed by atoms with Gasteiger partial charge in [0.1, 0.15) is 5.75 Å². The number of rotatable bonds is 14. The van der Waals surface area contributed by atoms with Crippen molar-refractivity contribution in [1.29, 1.82) is 0 Å². The first-order valence-corrected chi connectivity index (χ1v) is 15.1. The lowest BCUT2D eigenvalue weighted by Crippen LogP contribution is -1.96. The highest BCUT2D eigenvalue weighted by Gasteiger charge is 2.11. The first-order valence-electron chi connectivity index (χ1n) is 15.1. The molecule has 210 valence electrons. The highest BCUT2D eigenvalue weighted by atomic mass is 16.5. The van der Waals surface area contributed by atoms with E-state index in [0.29, 0.717) is 11.7 Å². The van der Waals surface area contributed by atoms with Crippen LogP contribution in [-0.4, -0.2) is 16.7 Å². The van der Waals surface area contributed by atoms with Crippen LogP contribution in [-0.2, 0) is 6.42 Å². The topological polar surface area (TPSA) is 48.2 Å². The molecule has 5 aromatic rings. The quantitative estimate of drug-likeness (QED) is 0.130. The second-order valence-corrected chi connectivity index (χ2v) is 10.7. The Morgan fingerprint density at radius 1 is 0.537 bits per heavy atom. The second-order valence-electron chi connectivity index (χ2n) is 10.7. The molecule has 4 aromatic carbocycles. The summed E-state index contributed by atoms with van der Waals surface area (Å²) in [5.74, 6) is 2.03. The van der Waals surface area contributed by atoms with E-state index in [1.165, 1.54) is 55.2 Å². The van der Waals surface area contributed by atoms with E-state index in [4.69, 9.17) is 9.26 Å². The molecule has 1 aromatic heterocycles. The predicted molar refractivity (Wildman–Crippen MR) is 169 cm³/mol. The maximum Gasteiger partial charge on any atom is 0.258 e. The van der Waals surface area contributed by atoms with Crippen LogP contribution in [0.15, 0.2) is 102 Å². The van der Waals surface area contributed by atoms with Crippen LogP contribution in [0.5, 0.6) is 5.75 Å². The molecule has 0 saturated carbocycles. The Kier molecular flexibility index (Phi) is 9.99. The van der Waals surface area contributed by atoms with E-state index in [1.807, 2.05) is 36.4 Å². The van der Waals surface area contributed by atoms with Crippen LogP contribution in [0.25, 0.3) is 45.1 Å². The fourth-order valence-electron chi connectivity index (χ4n) is 4.98. The van der Waals surface area contributed by atoms with Crippen molar-refractivity contribution in [2.24, 2.45) is 0 Å². The van der Waals surface area contributed by atoms with Crippen molar-refractivity contribution in [3.8, 4) is 50.8 Å². The molecule has 41 heavy (non-hydrogen) atoms. The van der Waals surface area contributed by atoms with Crippen LogP contribution in [0.2, 0.25) is 0 Å². The third kappa shape index (κ3) is 7.73. The monoisotopic (exact) mass is 544 g/mol. The molecule has 0 radical (unpaired) electrons. The Morgan fingerprint density at radius 3 is 1.66 bits per heavy atom. The number of hydrogen-bond acceptors (Lipinski definition) is 4. The number of benzene rings is 4. The van der Waals surface area contributed by atoms with Gasteiger partial charge >= 0.3 is 0 Å². The van der Waals surface area contributed by atoms with Gasteiger partial charge in [-0.15, -0.1) is 0 Å². The highest BCUT2D eigenvalue weighted by molar-refractivity contribution is 5.70. The van der Waals surface area contributed by atoms with Gasteiger partial charge in [-0.1, -0.05) is 124 Å². The predicted octanol–water partition coefficient (Wildman–Crippen LogP) is 10.4. The normalized spacial score (nSPS) is 11.1. The zero-order valence-electron chi connectivity index (χ0n) is 24.3. The van der Waals surface area contributed by atoms with E-state index in [1.54, 1.807) is 0 Å². The molecule has 0 N–H and O–H groups in total. The van der Waals surface area contributed by atoms with E-state index in [2.05, 4.69) is 84.7 Å². The molecule has 1 heterocycles. The molecule has 0 saturated heterocycles. The fraction of sp³-hybridized carbons (Fsp3) is 0.297. The highest BCUT2D eigenvalue weighted by Crippen LogP contribution is 2.28. The maximum absolute atomic E-state index is 5.88. The van der Waals surface area contributed by atoms with E-state index in [9.17, 15) is 0 Å². The molecule has 0 aliphatic rings. The fourth-order valence-corrected chi connectivity index (χ4v) is 4.98. The number of aromatic nitrogens is 2. The number of aryl methyl sites for hydroxylation is 1. The number of hydrogen-bond donors (Lipinski definition) is 0. The summed E-state index contributed by atoms with van der Waals surface area (Å²) < 4.78 is 11.5. The Balaban J connectivity index is 1.19. The molecule has 0 aliphatic carbocycles. The first kappa shape index (κ1) is 28.4. The van der Waals surface area contributed by atoms with Gasteiger partial charge in [-0.2, -0.15) is 4.98 Å². The Hall–Kier alpha value is -4.18. The Bertz CT molecular complexity index is 1470. The number of nitrogens with zero attached hydrogens (tertiary/aromatic N) is 2. The van der Waals surface area contributed by atoms with Crippen LogP contribution in [0.3, 0.4) is 0 Å². The lowest BCUT2D eigenvalue weighted by molar-refractivity contribution is 0.305. The molecule has 0 amide bonds. The number of ether oxygens (including phenoxy) is 1. The third-order valence-electron chi connectivity index (χ3n) is 7.51. The number of unbranched alkanes of at least 4 members (excludes halogenated alkanes) is 5. The second kappa shape index (κ2) is 14.5. The Labute approximate surface area is 244 Å². The van der Waals surface area contributed by atoms with Gasteiger partial charge in [0.15, 0.2) is 0 Å². The van der Waals surface area contributed by atoms with Crippen molar-refractivity contribution in [1.82, 2.24) is 10.1 Å². The van der Waals surface area contributed by atoms with E-state index >= 15 is 0 Å². The van der Waals surface area contributed by atoms with E-state index in [-0.39, 0.29) is 0 Å². The summed E-state index contributed by atoms with van der Waals surface area (Å²) in [4.78, 5) is 4.67. The van der Waals surface area contributed by atoms with Crippen molar-refractivity contribution in [2.75, 3.05) is 6.61 Å². The molecule has 4 heteroatoms. The average Bonchev–Trinajstić information content (AvgIpc) is 3.53. The molecule has 0 aliphatic heterocycles. The zero-order chi connectivity index (χ0) is 28.3. The standard InChI is InChI=1S/C37H40N2O2/c1-3-5-7-9-27-40-35-25-23-32(24-26-35)30-15-19-33(20-16-30)36-38-37(41-39-36)34-21-17-31(18-22-34)29-13-11-28(12-14-29)10-8-6-4-2/h11-26H,3-10,27H2,1-2H3. The van der Waals surface area contributed by atoms with Gasteiger partial charge in [0, 0.05) is 11.1 Å². The van der Waals surface area contributed by atoms with Crippen molar-refractivity contribution in [3.05, 3.63) is 103 Å². The van der Waals surface area contributed by atoms with Gasteiger partial charge in [0.2, 0.25) is 5.82 Å². The molecule has 0 unspecified atom stereocenters. The van der Waals surface area contributed by atoms with Crippen LogP contribution >= 0.6 is 0 Å². The summed E-state index contributed by atoms with van der Waals surface area (Å²) in [6.07, 6.45) is 9.78. The van der Waals surface area contributed by atoms with Crippen molar-refractivity contribution in [3.63, 3.8) is 0 Å².